The second kappa shape index (κ2) is 4.98. The molecule has 0 aliphatic heterocycles. The molecule has 0 unspecified atom stereocenters. The van der Waals surface area contributed by atoms with Crippen molar-refractivity contribution in [3.63, 3.8) is 0 Å². The lowest BCUT2D eigenvalue weighted by Gasteiger charge is -2.00. The second-order valence-electron chi connectivity index (χ2n) is 4.28. The third kappa shape index (κ3) is 2.50. The maximum atomic E-state index is 5.19. The highest BCUT2D eigenvalue weighted by Gasteiger charge is 1.96. The van der Waals surface area contributed by atoms with Crippen molar-refractivity contribution in [1.82, 2.24) is 4.98 Å². The highest BCUT2D eigenvalue weighted by Crippen LogP contribution is 2.20. The van der Waals surface area contributed by atoms with Gasteiger partial charge in [-0.1, -0.05) is 18.2 Å². The standard InChI is InChI=1S/C16H14N2O/c1-19-15-4-2-3-12(9-15)11-18-14-6-5-13-7-8-17-16(13)10-14/h2-11,17H,1H3. The van der Waals surface area contributed by atoms with Gasteiger partial charge in [-0.05, 0) is 41.3 Å². The monoisotopic (exact) mass is 250 g/mol. The van der Waals surface area contributed by atoms with Gasteiger partial charge in [0.05, 0.1) is 12.8 Å². The van der Waals surface area contributed by atoms with E-state index in [-0.39, 0.29) is 0 Å². The molecule has 3 rings (SSSR count). The van der Waals surface area contributed by atoms with Crippen molar-refractivity contribution in [3.8, 4) is 5.75 Å². The molecule has 0 spiro atoms. The van der Waals surface area contributed by atoms with E-state index in [1.165, 1.54) is 5.39 Å². The molecule has 0 fully saturated rings. The third-order valence-electron chi connectivity index (χ3n) is 3.00. The van der Waals surface area contributed by atoms with Crippen LogP contribution in [0, 0.1) is 0 Å². The number of fused-ring (bicyclic) bond motifs is 1. The van der Waals surface area contributed by atoms with E-state index in [1.807, 2.05) is 54.9 Å². The minimum Gasteiger partial charge on any atom is -0.497 e. The van der Waals surface area contributed by atoms with Gasteiger partial charge in [0.15, 0.2) is 0 Å². The predicted molar refractivity (Wildman–Crippen MR) is 78.5 cm³/mol. The van der Waals surface area contributed by atoms with Crippen LogP contribution in [0.5, 0.6) is 5.75 Å². The number of rotatable bonds is 3. The van der Waals surface area contributed by atoms with Gasteiger partial charge in [0.25, 0.3) is 0 Å². The predicted octanol–water partition coefficient (Wildman–Crippen LogP) is 3.93. The molecule has 0 saturated heterocycles. The summed E-state index contributed by atoms with van der Waals surface area (Å²) in [6.07, 6.45) is 3.77. The van der Waals surface area contributed by atoms with Crippen LogP contribution in [0.4, 0.5) is 5.69 Å². The highest BCUT2D eigenvalue weighted by molar-refractivity contribution is 5.86. The molecule has 1 aromatic heterocycles. The summed E-state index contributed by atoms with van der Waals surface area (Å²) in [7, 11) is 1.66. The van der Waals surface area contributed by atoms with Crippen LogP contribution in [0.1, 0.15) is 5.56 Å². The number of aromatic amines is 1. The molecule has 3 nitrogen and oxygen atoms in total. The summed E-state index contributed by atoms with van der Waals surface area (Å²) in [6.45, 7) is 0. The highest BCUT2D eigenvalue weighted by atomic mass is 16.5. The molecule has 0 radical (unpaired) electrons. The Morgan fingerprint density at radius 3 is 2.95 bits per heavy atom. The lowest BCUT2D eigenvalue weighted by atomic mass is 10.2. The van der Waals surface area contributed by atoms with Gasteiger partial charge in [-0.15, -0.1) is 0 Å². The number of nitrogens with zero attached hydrogens (tertiary/aromatic N) is 1. The van der Waals surface area contributed by atoms with E-state index >= 15 is 0 Å². The number of benzene rings is 2. The van der Waals surface area contributed by atoms with Crippen LogP contribution in [0.2, 0.25) is 0 Å². The van der Waals surface area contributed by atoms with Gasteiger partial charge < -0.3 is 9.72 Å². The number of methoxy groups -OCH3 is 1. The average Bonchev–Trinajstić information content (AvgIpc) is 2.93. The van der Waals surface area contributed by atoms with Crippen LogP contribution in [0.3, 0.4) is 0 Å². The Morgan fingerprint density at radius 1 is 1.11 bits per heavy atom. The summed E-state index contributed by atoms with van der Waals surface area (Å²) in [4.78, 5) is 7.66. The minimum absolute atomic E-state index is 0.837. The first-order chi connectivity index (χ1) is 9.35. The molecular weight excluding hydrogens is 236 g/mol. The van der Waals surface area contributed by atoms with Gasteiger partial charge in [-0.3, -0.25) is 4.99 Å². The fraction of sp³-hybridized carbons (Fsp3) is 0.0625. The normalized spacial score (nSPS) is 11.2. The van der Waals surface area contributed by atoms with Crippen molar-refractivity contribution < 1.29 is 4.74 Å². The molecule has 0 saturated carbocycles. The van der Waals surface area contributed by atoms with Crippen LogP contribution < -0.4 is 4.74 Å². The number of hydrogen-bond acceptors (Lipinski definition) is 2. The smallest absolute Gasteiger partial charge is 0.119 e. The molecule has 0 aliphatic rings. The molecule has 94 valence electrons. The van der Waals surface area contributed by atoms with E-state index in [2.05, 4.69) is 16.0 Å². The maximum Gasteiger partial charge on any atom is 0.119 e. The molecule has 1 N–H and O–H groups in total. The van der Waals surface area contributed by atoms with E-state index in [9.17, 15) is 0 Å². The summed E-state index contributed by atoms with van der Waals surface area (Å²) >= 11 is 0. The molecule has 3 heteroatoms. The Morgan fingerprint density at radius 2 is 2.05 bits per heavy atom. The first-order valence-corrected chi connectivity index (χ1v) is 6.10. The molecule has 2 aromatic carbocycles. The Kier molecular flexibility index (Phi) is 3.02. The topological polar surface area (TPSA) is 37.4 Å². The zero-order chi connectivity index (χ0) is 13.1. The number of ether oxygens (including phenoxy) is 1. The van der Waals surface area contributed by atoms with E-state index in [1.54, 1.807) is 7.11 Å². The maximum absolute atomic E-state index is 5.19. The Labute approximate surface area is 111 Å². The van der Waals surface area contributed by atoms with Gasteiger partial charge in [-0.25, -0.2) is 0 Å². The minimum atomic E-state index is 0.837. The molecule has 1 heterocycles. The van der Waals surface area contributed by atoms with E-state index < -0.39 is 0 Å². The zero-order valence-electron chi connectivity index (χ0n) is 10.6. The summed E-state index contributed by atoms with van der Waals surface area (Å²) in [5.74, 6) is 0.837. The molecule has 0 bridgehead atoms. The lowest BCUT2D eigenvalue weighted by molar-refractivity contribution is 0.415. The first-order valence-electron chi connectivity index (χ1n) is 6.10. The second-order valence-corrected chi connectivity index (χ2v) is 4.28. The van der Waals surface area contributed by atoms with Gasteiger partial charge in [0.2, 0.25) is 0 Å². The van der Waals surface area contributed by atoms with Crippen LogP contribution in [-0.4, -0.2) is 18.3 Å². The van der Waals surface area contributed by atoms with Crippen molar-refractivity contribution in [1.29, 1.82) is 0 Å². The van der Waals surface area contributed by atoms with Crippen LogP contribution in [-0.2, 0) is 0 Å². The number of H-pyrrole nitrogens is 1. The third-order valence-corrected chi connectivity index (χ3v) is 3.00. The Hall–Kier alpha value is -2.55. The molecule has 0 aliphatic carbocycles. The molecule has 0 amide bonds. The fourth-order valence-corrected chi connectivity index (χ4v) is 1.99. The van der Waals surface area contributed by atoms with Gasteiger partial charge in [0.1, 0.15) is 5.75 Å². The Balaban J connectivity index is 1.88. The molecule has 19 heavy (non-hydrogen) atoms. The fourth-order valence-electron chi connectivity index (χ4n) is 1.99. The summed E-state index contributed by atoms with van der Waals surface area (Å²) in [6, 6.07) is 16.0. The van der Waals surface area contributed by atoms with Crippen LogP contribution in [0.25, 0.3) is 10.9 Å². The summed E-state index contributed by atoms with van der Waals surface area (Å²) in [5, 5.41) is 1.19. The van der Waals surface area contributed by atoms with E-state index in [0.717, 1.165) is 22.5 Å². The quantitative estimate of drug-likeness (QED) is 0.703. The van der Waals surface area contributed by atoms with Crippen molar-refractivity contribution in [2.45, 2.75) is 0 Å². The zero-order valence-corrected chi connectivity index (χ0v) is 10.6. The Bertz CT molecular complexity index is 728. The van der Waals surface area contributed by atoms with Crippen molar-refractivity contribution in [2.24, 2.45) is 4.99 Å². The SMILES string of the molecule is COc1cccc(C=Nc2ccc3cc[nH]c3c2)c1. The summed E-state index contributed by atoms with van der Waals surface area (Å²) in [5.41, 5.74) is 3.05. The van der Waals surface area contributed by atoms with E-state index in [4.69, 9.17) is 4.74 Å². The number of nitrogens with one attached hydrogen (secondary N) is 1. The average molecular weight is 250 g/mol. The van der Waals surface area contributed by atoms with Crippen LogP contribution >= 0.6 is 0 Å². The lowest BCUT2D eigenvalue weighted by Crippen LogP contribution is -1.85. The van der Waals surface area contributed by atoms with Crippen molar-refractivity contribution in [3.05, 3.63) is 60.3 Å². The van der Waals surface area contributed by atoms with Gasteiger partial charge >= 0.3 is 0 Å². The number of hydrogen-bond donors (Lipinski definition) is 1. The summed E-state index contributed by atoms with van der Waals surface area (Å²) < 4.78 is 5.19. The van der Waals surface area contributed by atoms with Gasteiger partial charge in [0, 0.05) is 17.9 Å². The van der Waals surface area contributed by atoms with Crippen molar-refractivity contribution >= 4 is 22.8 Å². The van der Waals surface area contributed by atoms with Crippen molar-refractivity contribution in [2.75, 3.05) is 7.11 Å². The number of aliphatic imine (C=N–C) groups is 1. The first kappa shape index (κ1) is 11.5. The molecule has 3 aromatic rings. The molecular formula is C16H14N2O. The largest absolute Gasteiger partial charge is 0.497 e. The van der Waals surface area contributed by atoms with Gasteiger partial charge in [-0.2, -0.15) is 0 Å². The molecule has 0 atom stereocenters. The number of aromatic nitrogens is 1. The van der Waals surface area contributed by atoms with E-state index in [0.29, 0.717) is 0 Å². The van der Waals surface area contributed by atoms with Crippen LogP contribution in [0.15, 0.2) is 59.7 Å².